The minimum Gasteiger partial charge on any atom is -0.326 e. The van der Waals surface area contributed by atoms with Crippen molar-refractivity contribution < 1.29 is 0 Å². The quantitative estimate of drug-likeness (QED) is 0.825. The summed E-state index contributed by atoms with van der Waals surface area (Å²) in [7, 11) is 0. The molecule has 2 N–H and O–H groups in total. The van der Waals surface area contributed by atoms with Crippen LogP contribution < -0.4 is 5.73 Å². The maximum absolute atomic E-state index is 6.63. The van der Waals surface area contributed by atoms with Crippen molar-refractivity contribution in [1.82, 2.24) is 9.80 Å². The highest BCUT2D eigenvalue weighted by Gasteiger charge is 2.38. The molecule has 1 aliphatic carbocycles. The summed E-state index contributed by atoms with van der Waals surface area (Å²) >= 11 is 0. The van der Waals surface area contributed by atoms with E-state index >= 15 is 0 Å². The number of hydrogen-bond acceptors (Lipinski definition) is 3. The molecule has 2 atom stereocenters. The average Bonchev–Trinajstić information content (AvgIpc) is 2.48. The fourth-order valence-electron chi connectivity index (χ4n) is 4.32. The largest absolute Gasteiger partial charge is 0.326 e. The van der Waals surface area contributed by atoms with Crippen LogP contribution in [0.25, 0.3) is 0 Å². The topological polar surface area (TPSA) is 32.5 Å². The molecule has 4 aliphatic rings. The van der Waals surface area contributed by atoms with Crippen molar-refractivity contribution in [2.75, 3.05) is 32.7 Å². The van der Waals surface area contributed by atoms with E-state index in [9.17, 15) is 0 Å². The third kappa shape index (κ3) is 2.45. The third-order valence-corrected chi connectivity index (χ3v) is 5.78. The molecule has 2 unspecified atom stereocenters. The highest BCUT2D eigenvalue weighted by Crippen LogP contribution is 2.34. The summed E-state index contributed by atoms with van der Waals surface area (Å²) in [5, 5.41) is 0. The molecule has 3 heterocycles. The first-order chi connectivity index (χ1) is 8.78. The summed E-state index contributed by atoms with van der Waals surface area (Å²) in [5.74, 6) is 1.78. The number of fused-ring (bicyclic) bond motifs is 3. The lowest BCUT2D eigenvalue weighted by Gasteiger charge is -2.51. The molecule has 3 nitrogen and oxygen atoms in total. The van der Waals surface area contributed by atoms with E-state index in [4.69, 9.17) is 5.73 Å². The van der Waals surface area contributed by atoms with Crippen LogP contribution in [0.15, 0.2) is 0 Å². The van der Waals surface area contributed by atoms with Gasteiger partial charge in [0.2, 0.25) is 0 Å². The van der Waals surface area contributed by atoms with Crippen molar-refractivity contribution in [3.05, 3.63) is 0 Å². The van der Waals surface area contributed by atoms with Crippen molar-refractivity contribution in [1.29, 1.82) is 0 Å². The van der Waals surface area contributed by atoms with Gasteiger partial charge in [-0.3, -0.25) is 9.80 Å². The second kappa shape index (κ2) is 5.48. The maximum Gasteiger partial charge on any atom is 0.0378 e. The van der Waals surface area contributed by atoms with Crippen LogP contribution in [0.2, 0.25) is 0 Å². The molecule has 2 bridgehead atoms. The monoisotopic (exact) mass is 251 g/mol. The fourth-order valence-corrected chi connectivity index (χ4v) is 4.32. The molecule has 4 fully saturated rings. The van der Waals surface area contributed by atoms with Gasteiger partial charge in [-0.2, -0.15) is 0 Å². The smallest absolute Gasteiger partial charge is 0.0378 e. The summed E-state index contributed by atoms with van der Waals surface area (Å²) in [5.41, 5.74) is 6.63. The van der Waals surface area contributed by atoms with E-state index in [2.05, 4.69) is 16.7 Å². The summed E-state index contributed by atoms with van der Waals surface area (Å²) in [6, 6.07) is 1.07. The number of nitrogens with zero attached hydrogens (tertiary/aromatic N) is 2. The normalized spacial score (nSPS) is 46.0. The van der Waals surface area contributed by atoms with Gasteiger partial charge in [0, 0.05) is 44.8 Å². The predicted octanol–water partition coefficient (Wildman–Crippen LogP) is 1.53. The van der Waals surface area contributed by atoms with Crippen molar-refractivity contribution in [2.45, 2.75) is 51.1 Å². The molecule has 1 saturated carbocycles. The molecule has 0 aromatic rings. The molecule has 3 aliphatic heterocycles. The first-order valence-corrected chi connectivity index (χ1v) is 8.00. The fraction of sp³-hybridized carbons (Fsp3) is 1.00. The van der Waals surface area contributed by atoms with Gasteiger partial charge < -0.3 is 5.73 Å². The standard InChI is InChI=1S/C15H29N3/c1-2-12-3-5-13(6-4-12)15(16)14-11-17-7-9-18(14)10-8-17/h12-15H,2-11,16H2,1H3. The molecular formula is C15H29N3. The summed E-state index contributed by atoms with van der Waals surface area (Å²) < 4.78 is 0. The van der Waals surface area contributed by atoms with Crippen LogP contribution in [-0.2, 0) is 0 Å². The molecule has 3 saturated heterocycles. The minimum atomic E-state index is 0.422. The Bertz CT molecular complexity index is 265. The van der Waals surface area contributed by atoms with Crippen molar-refractivity contribution in [3.63, 3.8) is 0 Å². The third-order valence-electron chi connectivity index (χ3n) is 5.78. The van der Waals surface area contributed by atoms with E-state index in [0.717, 1.165) is 11.8 Å². The Morgan fingerprint density at radius 3 is 2.22 bits per heavy atom. The molecule has 0 aromatic carbocycles. The average molecular weight is 251 g/mol. The molecule has 0 radical (unpaired) electrons. The van der Waals surface area contributed by atoms with E-state index in [-0.39, 0.29) is 0 Å². The molecular weight excluding hydrogens is 222 g/mol. The SMILES string of the molecule is CCC1CCC(C(N)C2CN3CCN2CC3)CC1. The van der Waals surface area contributed by atoms with Gasteiger partial charge in [0.1, 0.15) is 0 Å². The Hall–Kier alpha value is -0.120. The van der Waals surface area contributed by atoms with Gasteiger partial charge in [-0.05, 0) is 24.7 Å². The lowest BCUT2D eigenvalue weighted by atomic mass is 9.75. The van der Waals surface area contributed by atoms with Crippen LogP contribution in [0.4, 0.5) is 0 Å². The van der Waals surface area contributed by atoms with Gasteiger partial charge in [0.05, 0.1) is 0 Å². The van der Waals surface area contributed by atoms with E-state index in [0.29, 0.717) is 12.1 Å². The molecule has 4 rings (SSSR count). The number of piperazine rings is 3. The van der Waals surface area contributed by atoms with Crippen LogP contribution in [0, 0.1) is 11.8 Å². The molecule has 18 heavy (non-hydrogen) atoms. The van der Waals surface area contributed by atoms with Crippen LogP contribution in [-0.4, -0.2) is 54.6 Å². The van der Waals surface area contributed by atoms with E-state index in [1.807, 2.05) is 0 Å². The van der Waals surface area contributed by atoms with Gasteiger partial charge in [0.25, 0.3) is 0 Å². The van der Waals surface area contributed by atoms with Crippen molar-refractivity contribution in [2.24, 2.45) is 17.6 Å². The molecule has 104 valence electrons. The molecule has 0 aromatic heterocycles. The first kappa shape index (κ1) is 12.9. The Morgan fingerprint density at radius 1 is 1.06 bits per heavy atom. The number of nitrogens with two attached hydrogens (primary N) is 1. The van der Waals surface area contributed by atoms with Gasteiger partial charge >= 0.3 is 0 Å². The minimum absolute atomic E-state index is 0.422. The van der Waals surface area contributed by atoms with Gasteiger partial charge in [-0.1, -0.05) is 26.2 Å². The van der Waals surface area contributed by atoms with Gasteiger partial charge in [0.15, 0.2) is 0 Å². The van der Waals surface area contributed by atoms with Gasteiger partial charge in [-0.15, -0.1) is 0 Å². The predicted molar refractivity (Wildman–Crippen MR) is 75.5 cm³/mol. The lowest BCUT2D eigenvalue weighted by molar-refractivity contribution is -0.0102. The molecule has 0 spiro atoms. The lowest BCUT2D eigenvalue weighted by Crippen LogP contribution is -2.67. The highest BCUT2D eigenvalue weighted by atomic mass is 15.3. The van der Waals surface area contributed by atoms with E-state index < -0.39 is 0 Å². The summed E-state index contributed by atoms with van der Waals surface area (Å²) in [4.78, 5) is 5.28. The Kier molecular flexibility index (Phi) is 3.92. The Morgan fingerprint density at radius 2 is 1.72 bits per heavy atom. The molecule has 3 heteroatoms. The van der Waals surface area contributed by atoms with Crippen LogP contribution in [0.3, 0.4) is 0 Å². The van der Waals surface area contributed by atoms with Crippen LogP contribution in [0.5, 0.6) is 0 Å². The first-order valence-electron chi connectivity index (χ1n) is 8.00. The van der Waals surface area contributed by atoms with Crippen LogP contribution >= 0.6 is 0 Å². The maximum atomic E-state index is 6.63. The van der Waals surface area contributed by atoms with Gasteiger partial charge in [-0.25, -0.2) is 0 Å². The highest BCUT2D eigenvalue weighted by molar-refractivity contribution is 4.96. The zero-order valence-electron chi connectivity index (χ0n) is 11.9. The number of rotatable bonds is 3. The zero-order valence-corrected chi connectivity index (χ0v) is 11.9. The summed E-state index contributed by atoms with van der Waals surface area (Å²) in [6.07, 6.45) is 6.97. The second-order valence-corrected chi connectivity index (χ2v) is 6.67. The van der Waals surface area contributed by atoms with E-state index in [1.165, 1.54) is 64.8 Å². The summed E-state index contributed by atoms with van der Waals surface area (Å²) in [6.45, 7) is 8.61. The molecule has 0 amide bonds. The zero-order chi connectivity index (χ0) is 12.5. The Balaban J connectivity index is 1.56. The van der Waals surface area contributed by atoms with Crippen molar-refractivity contribution in [3.8, 4) is 0 Å². The second-order valence-electron chi connectivity index (χ2n) is 6.67. The van der Waals surface area contributed by atoms with Crippen molar-refractivity contribution >= 4 is 0 Å². The number of hydrogen-bond donors (Lipinski definition) is 1. The van der Waals surface area contributed by atoms with E-state index in [1.54, 1.807) is 0 Å². The van der Waals surface area contributed by atoms with Crippen LogP contribution in [0.1, 0.15) is 39.0 Å². The Labute approximate surface area is 112 Å².